The van der Waals surface area contributed by atoms with E-state index in [0.29, 0.717) is 12.4 Å². The number of amides is 1. The van der Waals surface area contributed by atoms with Crippen LogP contribution in [-0.2, 0) is 4.79 Å². The molecule has 7 heteroatoms. The summed E-state index contributed by atoms with van der Waals surface area (Å²) in [5.41, 5.74) is 2.07. The van der Waals surface area contributed by atoms with Crippen LogP contribution in [0.3, 0.4) is 0 Å². The van der Waals surface area contributed by atoms with Crippen LogP contribution >= 0.6 is 22.9 Å². The average Bonchev–Trinajstić information content (AvgIpc) is 3.07. The molecule has 2 N–H and O–H groups in total. The molecule has 4 rings (SSSR count). The van der Waals surface area contributed by atoms with Crippen LogP contribution in [0.25, 0.3) is 21.3 Å². The number of fused-ring (bicyclic) bond motifs is 1. The predicted molar refractivity (Wildman–Crippen MR) is 102 cm³/mol. The van der Waals surface area contributed by atoms with Crippen LogP contribution in [0, 0.1) is 5.92 Å². The van der Waals surface area contributed by atoms with Gasteiger partial charge in [0, 0.05) is 17.5 Å². The van der Waals surface area contributed by atoms with Crippen LogP contribution < -0.4 is 10.6 Å². The van der Waals surface area contributed by atoms with Gasteiger partial charge in [0.2, 0.25) is 11.2 Å². The molecule has 1 atom stereocenters. The molecule has 1 aromatic carbocycles. The summed E-state index contributed by atoms with van der Waals surface area (Å²) in [4.78, 5) is 22.0. The van der Waals surface area contributed by atoms with E-state index < -0.39 is 0 Å². The summed E-state index contributed by atoms with van der Waals surface area (Å²) >= 11 is 7.57. The van der Waals surface area contributed by atoms with Gasteiger partial charge >= 0.3 is 0 Å². The number of nitrogens with zero attached hydrogens (tertiary/aromatic N) is 2. The van der Waals surface area contributed by atoms with E-state index in [1.54, 1.807) is 0 Å². The Hall–Kier alpha value is -2.02. The van der Waals surface area contributed by atoms with Crippen molar-refractivity contribution in [3.8, 4) is 11.1 Å². The van der Waals surface area contributed by atoms with E-state index in [9.17, 15) is 4.79 Å². The average molecular weight is 373 g/mol. The highest BCUT2D eigenvalue weighted by molar-refractivity contribution is 7.17. The zero-order valence-corrected chi connectivity index (χ0v) is 15.0. The maximum Gasteiger partial charge on any atom is 0.229 e. The van der Waals surface area contributed by atoms with Gasteiger partial charge in [-0.15, -0.1) is 11.3 Å². The fraction of sp³-hybridized carbons (Fsp3) is 0.278. The second-order valence-electron chi connectivity index (χ2n) is 6.07. The molecular formula is C18H17ClN4OS. The van der Waals surface area contributed by atoms with E-state index >= 15 is 0 Å². The van der Waals surface area contributed by atoms with Crippen LogP contribution in [0.5, 0.6) is 0 Å². The van der Waals surface area contributed by atoms with E-state index in [1.807, 2.05) is 35.7 Å². The Kier molecular flexibility index (Phi) is 4.65. The molecule has 25 heavy (non-hydrogen) atoms. The van der Waals surface area contributed by atoms with E-state index in [1.165, 1.54) is 11.3 Å². The minimum Gasteiger partial charge on any atom is -0.316 e. The number of piperidine rings is 1. The van der Waals surface area contributed by atoms with Gasteiger partial charge in [0.15, 0.2) is 0 Å². The highest BCUT2D eigenvalue weighted by Crippen LogP contribution is 2.37. The van der Waals surface area contributed by atoms with Crippen LogP contribution in [0.4, 0.5) is 5.82 Å². The Morgan fingerprint density at radius 1 is 1.28 bits per heavy atom. The van der Waals surface area contributed by atoms with Crippen LogP contribution in [0.2, 0.25) is 5.28 Å². The van der Waals surface area contributed by atoms with Crippen molar-refractivity contribution in [2.45, 2.75) is 12.8 Å². The third-order valence-corrected chi connectivity index (χ3v) is 5.44. The van der Waals surface area contributed by atoms with Crippen LogP contribution in [0.1, 0.15) is 12.8 Å². The van der Waals surface area contributed by atoms with Gasteiger partial charge in [0.25, 0.3) is 0 Å². The molecule has 128 valence electrons. The lowest BCUT2D eigenvalue weighted by Crippen LogP contribution is -2.37. The molecule has 0 aliphatic carbocycles. The number of carbonyl (C=O) groups excluding carboxylic acids is 1. The molecule has 2 aromatic heterocycles. The van der Waals surface area contributed by atoms with Gasteiger partial charge in [0.05, 0.1) is 11.3 Å². The maximum atomic E-state index is 12.6. The Labute approximate surface area is 154 Å². The monoisotopic (exact) mass is 372 g/mol. The first-order chi connectivity index (χ1) is 12.2. The van der Waals surface area contributed by atoms with Gasteiger partial charge in [-0.1, -0.05) is 30.3 Å². The molecule has 0 saturated carbocycles. The summed E-state index contributed by atoms with van der Waals surface area (Å²) in [5, 5.41) is 9.27. The number of thiophene rings is 1. The third-order valence-electron chi connectivity index (χ3n) is 4.40. The van der Waals surface area contributed by atoms with Gasteiger partial charge in [-0.3, -0.25) is 4.79 Å². The molecular weight excluding hydrogens is 356 g/mol. The van der Waals surface area contributed by atoms with Crippen molar-refractivity contribution < 1.29 is 4.79 Å². The first kappa shape index (κ1) is 16.4. The van der Waals surface area contributed by atoms with Crippen molar-refractivity contribution in [1.29, 1.82) is 0 Å². The first-order valence-corrected chi connectivity index (χ1v) is 9.50. The van der Waals surface area contributed by atoms with Crippen LogP contribution in [-0.4, -0.2) is 29.0 Å². The standard InChI is InChI=1S/C18H17ClN4OS/c19-18-22-15(21-16(24)12-7-4-8-20-9-12)14-13(10-25-17(14)23-18)11-5-2-1-3-6-11/h1-3,5-6,10,12,20H,4,7-9H2,(H,21,22,23,24). The fourth-order valence-electron chi connectivity index (χ4n) is 3.13. The first-order valence-electron chi connectivity index (χ1n) is 8.24. The van der Waals surface area contributed by atoms with Crippen molar-refractivity contribution in [3.63, 3.8) is 0 Å². The molecule has 1 fully saturated rings. The number of nitrogens with one attached hydrogen (secondary N) is 2. The Morgan fingerprint density at radius 3 is 2.88 bits per heavy atom. The minimum atomic E-state index is -0.0450. The van der Waals surface area contributed by atoms with E-state index in [0.717, 1.165) is 40.7 Å². The van der Waals surface area contributed by atoms with Crippen molar-refractivity contribution in [3.05, 3.63) is 41.0 Å². The van der Waals surface area contributed by atoms with Gasteiger partial charge in [-0.25, -0.2) is 4.98 Å². The molecule has 5 nitrogen and oxygen atoms in total. The lowest BCUT2D eigenvalue weighted by molar-refractivity contribution is -0.120. The van der Waals surface area contributed by atoms with Gasteiger partial charge in [-0.2, -0.15) is 4.98 Å². The molecule has 1 amide bonds. The van der Waals surface area contributed by atoms with E-state index in [2.05, 4.69) is 20.6 Å². The summed E-state index contributed by atoms with van der Waals surface area (Å²) in [5.74, 6) is 0.426. The summed E-state index contributed by atoms with van der Waals surface area (Å²) in [6.45, 7) is 1.67. The second-order valence-corrected chi connectivity index (χ2v) is 7.27. The van der Waals surface area contributed by atoms with E-state index in [4.69, 9.17) is 11.6 Å². The molecule has 0 radical (unpaired) electrons. The Bertz CT molecular complexity index is 906. The van der Waals surface area contributed by atoms with Gasteiger partial charge in [-0.05, 0) is 36.6 Å². The second kappa shape index (κ2) is 7.07. The smallest absolute Gasteiger partial charge is 0.229 e. The number of aromatic nitrogens is 2. The minimum absolute atomic E-state index is 0.0199. The summed E-state index contributed by atoms with van der Waals surface area (Å²) in [7, 11) is 0. The normalized spacial score (nSPS) is 17.6. The zero-order chi connectivity index (χ0) is 17.2. The molecule has 1 unspecified atom stereocenters. The van der Waals surface area contributed by atoms with Crippen molar-refractivity contribution >= 4 is 44.9 Å². The number of carbonyl (C=O) groups is 1. The summed E-state index contributed by atoms with van der Waals surface area (Å²) in [6, 6.07) is 10.0. The SMILES string of the molecule is O=C(Nc1nc(Cl)nc2scc(-c3ccccc3)c12)C1CCCNC1. The Morgan fingerprint density at radius 2 is 2.12 bits per heavy atom. The highest BCUT2D eigenvalue weighted by atomic mass is 35.5. The molecule has 3 heterocycles. The van der Waals surface area contributed by atoms with Crippen LogP contribution in [0.15, 0.2) is 35.7 Å². The zero-order valence-electron chi connectivity index (χ0n) is 13.5. The largest absolute Gasteiger partial charge is 0.316 e. The number of hydrogen-bond donors (Lipinski definition) is 2. The number of anilines is 1. The Balaban J connectivity index is 1.74. The highest BCUT2D eigenvalue weighted by Gasteiger charge is 2.23. The van der Waals surface area contributed by atoms with Gasteiger partial charge in [0.1, 0.15) is 10.6 Å². The number of hydrogen-bond acceptors (Lipinski definition) is 5. The topological polar surface area (TPSA) is 66.9 Å². The predicted octanol–water partition coefficient (Wildman–Crippen LogP) is 3.95. The number of halogens is 1. The maximum absolute atomic E-state index is 12.6. The summed E-state index contributed by atoms with van der Waals surface area (Å²) < 4.78 is 0. The quantitative estimate of drug-likeness (QED) is 0.683. The summed E-state index contributed by atoms with van der Waals surface area (Å²) in [6.07, 6.45) is 1.89. The van der Waals surface area contributed by atoms with Crippen molar-refractivity contribution in [1.82, 2.24) is 15.3 Å². The van der Waals surface area contributed by atoms with Crippen molar-refractivity contribution in [2.75, 3.05) is 18.4 Å². The molecule has 1 saturated heterocycles. The molecule has 1 aliphatic rings. The molecule has 3 aromatic rings. The number of rotatable bonds is 3. The molecule has 0 spiro atoms. The van der Waals surface area contributed by atoms with Gasteiger partial charge < -0.3 is 10.6 Å². The molecule has 1 aliphatic heterocycles. The molecule has 0 bridgehead atoms. The van der Waals surface area contributed by atoms with E-state index in [-0.39, 0.29) is 17.1 Å². The lowest BCUT2D eigenvalue weighted by Gasteiger charge is -2.21. The fourth-order valence-corrected chi connectivity index (χ4v) is 4.30. The third kappa shape index (κ3) is 3.38. The number of benzene rings is 1. The lowest BCUT2D eigenvalue weighted by atomic mass is 9.99. The van der Waals surface area contributed by atoms with Crippen molar-refractivity contribution in [2.24, 2.45) is 5.92 Å².